The topological polar surface area (TPSA) is 53.6 Å². The summed E-state index contributed by atoms with van der Waals surface area (Å²) in [6.45, 7) is 6.08. The zero-order valence-electron chi connectivity index (χ0n) is 13.1. The highest BCUT2D eigenvalue weighted by Crippen LogP contribution is 2.20. The van der Waals surface area contributed by atoms with Crippen molar-refractivity contribution < 1.29 is 0 Å². The average Bonchev–Trinajstić information content (AvgIpc) is 2.94. The zero-order chi connectivity index (χ0) is 14.9. The van der Waals surface area contributed by atoms with E-state index in [0.29, 0.717) is 12.0 Å². The lowest BCUT2D eigenvalue weighted by Gasteiger charge is -2.23. The SMILES string of the molecule is CCCCNC(N)=NCC1CCCN1Cc1ccccc1. The van der Waals surface area contributed by atoms with E-state index in [1.165, 1.54) is 24.8 Å². The summed E-state index contributed by atoms with van der Waals surface area (Å²) in [6, 6.07) is 11.2. The van der Waals surface area contributed by atoms with Gasteiger partial charge in [0.1, 0.15) is 0 Å². The summed E-state index contributed by atoms with van der Waals surface area (Å²) in [7, 11) is 0. The van der Waals surface area contributed by atoms with E-state index < -0.39 is 0 Å². The average molecular weight is 288 g/mol. The van der Waals surface area contributed by atoms with Crippen LogP contribution in [-0.4, -0.2) is 36.5 Å². The Morgan fingerprint density at radius 3 is 2.95 bits per heavy atom. The Kier molecular flexibility index (Phi) is 6.54. The molecule has 0 amide bonds. The maximum absolute atomic E-state index is 5.91. The summed E-state index contributed by atoms with van der Waals surface area (Å²) in [5, 5.41) is 3.18. The third kappa shape index (κ3) is 5.38. The Hall–Kier alpha value is -1.55. The van der Waals surface area contributed by atoms with Crippen LogP contribution < -0.4 is 11.1 Å². The van der Waals surface area contributed by atoms with Crippen LogP contribution in [0, 0.1) is 0 Å². The van der Waals surface area contributed by atoms with Gasteiger partial charge in [-0.2, -0.15) is 0 Å². The lowest BCUT2D eigenvalue weighted by atomic mass is 10.2. The Labute approximate surface area is 128 Å². The molecule has 0 bridgehead atoms. The maximum atomic E-state index is 5.91. The molecule has 0 spiro atoms. The predicted octanol–water partition coefficient (Wildman–Crippen LogP) is 2.36. The molecule has 4 nitrogen and oxygen atoms in total. The number of benzene rings is 1. The molecular weight excluding hydrogens is 260 g/mol. The predicted molar refractivity (Wildman–Crippen MR) is 89.3 cm³/mol. The molecule has 1 aromatic rings. The van der Waals surface area contributed by atoms with Crippen molar-refractivity contribution in [2.75, 3.05) is 19.6 Å². The normalized spacial score (nSPS) is 19.9. The highest BCUT2D eigenvalue weighted by atomic mass is 15.2. The van der Waals surface area contributed by atoms with Gasteiger partial charge in [-0.05, 0) is 31.4 Å². The van der Waals surface area contributed by atoms with Crippen molar-refractivity contribution in [3.05, 3.63) is 35.9 Å². The van der Waals surface area contributed by atoms with E-state index in [1.807, 2.05) is 0 Å². The third-order valence-corrected chi connectivity index (χ3v) is 4.04. The summed E-state index contributed by atoms with van der Waals surface area (Å²) < 4.78 is 0. The van der Waals surface area contributed by atoms with Crippen LogP contribution in [0.5, 0.6) is 0 Å². The number of unbranched alkanes of at least 4 members (excludes halogenated alkanes) is 1. The molecule has 0 aliphatic carbocycles. The van der Waals surface area contributed by atoms with Crippen LogP contribution in [0.25, 0.3) is 0 Å². The fraction of sp³-hybridized carbons (Fsp3) is 0.588. The van der Waals surface area contributed by atoms with Crippen LogP contribution >= 0.6 is 0 Å². The molecule has 1 aliphatic heterocycles. The van der Waals surface area contributed by atoms with Gasteiger partial charge in [0.2, 0.25) is 0 Å². The van der Waals surface area contributed by atoms with Gasteiger partial charge in [0.25, 0.3) is 0 Å². The minimum Gasteiger partial charge on any atom is -0.370 e. The first-order chi connectivity index (χ1) is 10.3. The summed E-state index contributed by atoms with van der Waals surface area (Å²) >= 11 is 0. The first-order valence-corrected chi connectivity index (χ1v) is 8.11. The molecule has 3 N–H and O–H groups in total. The molecule has 1 aromatic carbocycles. The zero-order valence-corrected chi connectivity index (χ0v) is 13.1. The molecule has 4 heteroatoms. The van der Waals surface area contributed by atoms with Gasteiger partial charge in [0.05, 0.1) is 6.54 Å². The van der Waals surface area contributed by atoms with Crippen molar-refractivity contribution >= 4 is 5.96 Å². The maximum Gasteiger partial charge on any atom is 0.188 e. The first-order valence-electron chi connectivity index (χ1n) is 8.11. The van der Waals surface area contributed by atoms with Crippen LogP contribution in [0.2, 0.25) is 0 Å². The lowest BCUT2D eigenvalue weighted by molar-refractivity contribution is 0.250. The number of likely N-dealkylation sites (tertiary alicyclic amines) is 1. The van der Waals surface area contributed by atoms with Crippen molar-refractivity contribution in [3.8, 4) is 0 Å². The largest absolute Gasteiger partial charge is 0.370 e. The summed E-state index contributed by atoms with van der Waals surface area (Å²) in [5.74, 6) is 0.593. The molecule has 2 rings (SSSR count). The quantitative estimate of drug-likeness (QED) is 0.460. The molecule has 1 aliphatic rings. The third-order valence-electron chi connectivity index (χ3n) is 4.04. The highest BCUT2D eigenvalue weighted by molar-refractivity contribution is 5.77. The van der Waals surface area contributed by atoms with Crippen LogP contribution in [0.1, 0.15) is 38.2 Å². The van der Waals surface area contributed by atoms with E-state index in [9.17, 15) is 0 Å². The molecule has 0 aromatic heterocycles. The minimum absolute atomic E-state index is 0.525. The summed E-state index contributed by atoms with van der Waals surface area (Å²) in [5.41, 5.74) is 7.29. The molecule has 21 heavy (non-hydrogen) atoms. The molecule has 1 atom stereocenters. The number of guanidine groups is 1. The van der Waals surface area contributed by atoms with E-state index in [-0.39, 0.29) is 0 Å². The molecule has 0 saturated carbocycles. The number of nitrogens with one attached hydrogen (secondary N) is 1. The number of nitrogens with zero attached hydrogens (tertiary/aromatic N) is 2. The van der Waals surface area contributed by atoms with E-state index in [1.54, 1.807) is 0 Å². The van der Waals surface area contributed by atoms with Crippen LogP contribution in [0.4, 0.5) is 0 Å². The standard InChI is InChI=1S/C17H28N4/c1-2-3-11-19-17(18)20-13-16-10-7-12-21(16)14-15-8-5-4-6-9-15/h4-6,8-9,16H,2-3,7,10-14H2,1H3,(H3,18,19,20). The van der Waals surface area contributed by atoms with Gasteiger partial charge in [-0.3, -0.25) is 9.89 Å². The Morgan fingerprint density at radius 2 is 2.19 bits per heavy atom. The number of aliphatic imine (C=N–C) groups is 1. The molecule has 1 saturated heterocycles. The molecule has 1 fully saturated rings. The van der Waals surface area contributed by atoms with Gasteiger partial charge in [-0.1, -0.05) is 43.7 Å². The minimum atomic E-state index is 0.525. The van der Waals surface area contributed by atoms with Crippen molar-refractivity contribution in [3.63, 3.8) is 0 Å². The fourth-order valence-corrected chi connectivity index (χ4v) is 2.78. The second kappa shape index (κ2) is 8.67. The Morgan fingerprint density at radius 1 is 1.38 bits per heavy atom. The van der Waals surface area contributed by atoms with E-state index in [2.05, 4.69) is 52.5 Å². The van der Waals surface area contributed by atoms with Gasteiger partial charge in [0.15, 0.2) is 5.96 Å². The van der Waals surface area contributed by atoms with E-state index in [4.69, 9.17) is 5.73 Å². The van der Waals surface area contributed by atoms with Crippen LogP contribution in [0.3, 0.4) is 0 Å². The van der Waals surface area contributed by atoms with Gasteiger partial charge < -0.3 is 11.1 Å². The highest BCUT2D eigenvalue weighted by Gasteiger charge is 2.24. The summed E-state index contributed by atoms with van der Waals surface area (Å²) in [6.07, 6.45) is 4.79. The van der Waals surface area contributed by atoms with Gasteiger partial charge in [0, 0.05) is 19.1 Å². The fourth-order valence-electron chi connectivity index (χ4n) is 2.78. The molecular formula is C17H28N4. The molecule has 1 unspecified atom stereocenters. The number of hydrogen-bond acceptors (Lipinski definition) is 2. The van der Waals surface area contributed by atoms with Crippen molar-refractivity contribution in [2.45, 2.75) is 45.2 Å². The van der Waals surface area contributed by atoms with Crippen LogP contribution in [-0.2, 0) is 6.54 Å². The first kappa shape index (κ1) is 15.8. The monoisotopic (exact) mass is 288 g/mol. The van der Waals surface area contributed by atoms with E-state index in [0.717, 1.165) is 32.6 Å². The molecule has 1 heterocycles. The van der Waals surface area contributed by atoms with Gasteiger partial charge >= 0.3 is 0 Å². The van der Waals surface area contributed by atoms with Crippen LogP contribution in [0.15, 0.2) is 35.3 Å². The number of nitrogens with two attached hydrogens (primary N) is 1. The van der Waals surface area contributed by atoms with Crippen molar-refractivity contribution in [1.29, 1.82) is 0 Å². The second-order valence-corrected chi connectivity index (χ2v) is 5.76. The molecule has 116 valence electrons. The van der Waals surface area contributed by atoms with Gasteiger partial charge in [-0.15, -0.1) is 0 Å². The van der Waals surface area contributed by atoms with Gasteiger partial charge in [-0.25, -0.2) is 0 Å². The second-order valence-electron chi connectivity index (χ2n) is 5.76. The lowest BCUT2D eigenvalue weighted by Crippen LogP contribution is -2.36. The summed E-state index contributed by atoms with van der Waals surface area (Å²) in [4.78, 5) is 7.04. The van der Waals surface area contributed by atoms with E-state index >= 15 is 0 Å². The number of hydrogen-bond donors (Lipinski definition) is 2. The Bertz CT molecular complexity index is 430. The number of rotatable bonds is 7. The smallest absolute Gasteiger partial charge is 0.188 e. The Balaban J connectivity index is 1.80. The molecule has 0 radical (unpaired) electrons. The van der Waals surface area contributed by atoms with Crippen molar-refractivity contribution in [1.82, 2.24) is 10.2 Å². The van der Waals surface area contributed by atoms with Crippen molar-refractivity contribution in [2.24, 2.45) is 10.7 Å².